The van der Waals surface area contributed by atoms with Crippen LogP contribution in [0.15, 0.2) is 18.2 Å². The van der Waals surface area contributed by atoms with Crippen LogP contribution in [0.25, 0.3) is 0 Å². The van der Waals surface area contributed by atoms with E-state index in [9.17, 15) is 0 Å². The van der Waals surface area contributed by atoms with Crippen LogP contribution >= 0.6 is 0 Å². The molecule has 1 saturated heterocycles. The average Bonchev–Trinajstić information content (AvgIpc) is 3.09. The number of fused-ring (bicyclic) bond motifs is 1. The van der Waals surface area contributed by atoms with Gasteiger partial charge in [-0.15, -0.1) is 0 Å². The quantitative estimate of drug-likeness (QED) is 0.834. The number of hydrogen-bond donors (Lipinski definition) is 2. The summed E-state index contributed by atoms with van der Waals surface area (Å²) < 4.78 is 0. The lowest BCUT2D eigenvalue weighted by Gasteiger charge is -2.20. The van der Waals surface area contributed by atoms with Crippen LogP contribution in [0.4, 0.5) is 5.69 Å². The van der Waals surface area contributed by atoms with Crippen molar-refractivity contribution < 1.29 is 0 Å². The van der Waals surface area contributed by atoms with Gasteiger partial charge in [0.2, 0.25) is 0 Å². The molecule has 0 spiro atoms. The molecule has 1 atom stereocenters. The van der Waals surface area contributed by atoms with Crippen LogP contribution in [0.2, 0.25) is 0 Å². The molecule has 2 aliphatic rings. The summed E-state index contributed by atoms with van der Waals surface area (Å²) in [7, 11) is 0. The molecule has 20 heavy (non-hydrogen) atoms. The second-order valence-electron chi connectivity index (χ2n) is 6.37. The third kappa shape index (κ3) is 3.33. The van der Waals surface area contributed by atoms with Gasteiger partial charge in [0.25, 0.3) is 0 Å². The molecule has 2 N–H and O–H groups in total. The molecule has 0 bridgehead atoms. The van der Waals surface area contributed by atoms with Gasteiger partial charge in [0, 0.05) is 25.3 Å². The Morgan fingerprint density at radius 1 is 1.30 bits per heavy atom. The van der Waals surface area contributed by atoms with Gasteiger partial charge in [0.05, 0.1) is 0 Å². The molecule has 0 radical (unpaired) electrons. The number of likely N-dealkylation sites (tertiary alicyclic amines) is 1. The minimum Gasteiger partial charge on any atom is -0.384 e. The van der Waals surface area contributed by atoms with E-state index in [0.29, 0.717) is 0 Å². The molecule has 1 unspecified atom stereocenters. The summed E-state index contributed by atoms with van der Waals surface area (Å²) in [4.78, 5) is 2.61. The normalized spacial score (nSPS) is 19.9. The van der Waals surface area contributed by atoms with Gasteiger partial charge in [-0.1, -0.05) is 25.1 Å². The highest BCUT2D eigenvalue weighted by atomic mass is 15.1. The Balaban J connectivity index is 1.44. The maximum atomic E-state index is 3.64. The van der Waals surface area contributed by atoms with Gasteiger partial charge in [0.15, 0.2) is 0 Å². The molecule has 3 nitrogen and oxygen atoms in total. The molecule has 3 rings (SSSR count). The van der Waals surface area contributed by atoms with Crippen LogP contribution in [0.3, 0.4) is 0 Å². The number of para-hydroxylation sites is 1. The molecular formula is C17H27N3. The van der Waals surface area contributed by atoms with E-state index in [-0.39, 0.29) is 0 Å². The Morgan fingerprint density at radius 3 is 3.00 bits per heavy atom. The number of benzene rings is 1. The van der Waals surface area contributed by atoms with Gasteiger partial charge in [-0.05, 0) is 55.9 Å². The Labute approximate surface area is 122 Å². The Morgan fingerprint density at radius 2 is 2.15 bits per heavy atom. The summed E-state index contributed by atoms with van der Waals surface area (Å²) in [6.07, 6.45) is 3.96. The van der Waals surface area contributed by atoms with E-state index in [2.05, 4.69) is 40.7 Å². The standard InChI is InChI=1S/C17H27N3/c1-14(13-20-9-2-3-10-20)11-18-12-16-6-4-5-15-7-8-19-17(15)16/h4-6,14,18-19H,2-3,7-13H2,1H3. The smallest absolute Gasteiger partial charge is 0.0419 e. The second kappa shape index (κ2) is 6.59. The van der Waals surface area contributed by atoms with Crippen molar-refractivity contribution in [3.63, 3.8) is 0 Å². The third-order valence-corrected chi connectivity index (χ3v) is 4.51. The SMILES string of the molecule is CC(CNCc1cccc2c1NCC2)CN1CCCC1. The maximum absolute atomic E-state index is 3.64. The van der Waals surface area contributed by atoms with Gasteiger partial charge in [-0.2, -0.15) is 0 Å². The topological polar surface area (TPSA) is 27.3 Å². The van der Waals surface area contributed by atoms with Crippen LogP contribution in [0, 0.1) is 5.92 Å². The van der Waals surface area contributed by atoms with Crippen LogP contribution in [-0.2, 0) is 13.0 Å². The molecule has 0 aliphatic carbocycles. The lowest BCUT2D eigenvalue weighted by atomic mass is 10.1. The zero-order valence-corrected chi connectivity index (χ0v) is 12.6. The van der Waals surface area contributed by atoms with E-state index in [1.54, 1.807) is 0 Å². The van der Waals surface area contributed by atoms with E-state index < -0.39 is 0 Å². The van der Waals surface area contributed by atoms with Gasteiger partial charge < -0.3 is 15.5 Å². The van der Waals surface area contributed by atoms with Crippen LogP contribution in [-0.4, -0.2) is 37.6 Å². The first kappa shape index (κ1) is 13.9. The molecule has 2 aliphatic heterocycles. The van der Waals surface area contributed by atoms with Crippen molar-refractivity contribution in [1.29, 1.82) is 0 Å². The molecule has 1 fully saturated rings. The zero-order valence-electron chi connectivity index (χ0n) is 12.6. The first-order valence-electron chi connectivity index (χ1n) is 8.10. The summed E-state index contributed by atoms with van der Waals surface area (Å²) in [6.45, 7) is 9.41. The van der Waals surface area contributed by atoms with Gasteiger partial charge in [0.1, 0.15) is 0 Å². The highest BCUT2D eigenvalue weighted by Crippen LogP contribution is 2.26. The summed E-state index contributed by atoms with van der Waals surface area (Å²) in [5.74, 6) is 0.734. The summed E-state index contributed by atoms with van der Waals surface area (Å²) in [6, 6.07) is 6.68. The molecule has 0 saturated carbocycles. The van der Waals surface area contributed by atoms with Gasteiger partial charge >= 0.3 is 0 Å². The molecule has 1 aromatic carbocycles. The van der Waals surface area contributed by atoms with E-state index in [4.69, 9.17) is 0 Å². The zero-order chi connectivity index (χ0) is 13.8. The molecule has 0 amide bonds. The van der Waals surface area contributed by atoms with Crippen LogP contribution < -0.4 is 10.6 Å². The van der Waals surface area contributed by atoms with Crippen molar-refractivity contribution in [2.45, 2.75) is 32.7 Å². The minimum absolute atomic E-state index is 0.734. The van der Waals surface area contributed by atoms with E-state index >= 15 is 0 Å². The maximum Gasteiger partial charge on any atom is 0.0419 e. The Hall–Kier alpha value is -1.06. The summed E-state index contributed by atoms with van der Waals surface area (Å²) >= 11 is 0. The van der Waals surface area contributed by atoms with Crippen molar-refractivity contribution >= 4 is 5.69 Å². The molecule has 2 heterocycles. The fourth-order valence-electron chi connectivity index (χ4n) is 3.48. The van der Waals surface area contributed by atoms with Gasteiger partial charge in [-0.3, -0.25) is 0 Å². The predicted octanol–water partition coefficient (Wildman–Crippen LogP) is 2.48. The molecular weight excluding hydrogens is 246 g/mol. The van der Waals surface area contributed by atoms with E-state index in [1.165, 1.54) is 55.7 Å². The van der Waals surface area contributed by atoms with Gasteiger partial charge in [-0.25, -0.2) is 0 Å². The lowest BCUT2D eigenvalue weighted by molar-refractivity contribution is 0.282. The molecule has 1 aromatic rings. The van der Waals surface area contributed by atoms with Crippen molar-refractivity contribution in [2.75, 3.05) is 38.0 Å². The Bertz CT molecular complexity index is 438. The highest BCUT2D eigenvalue weighted by molar-refractivity contribution is 5.61. The summed E-state index contributed by atoms with van der Waals surface area (Å²) in [5, 5.41) is 7.16. The largest absolute Gasteiger partial charge is 0.384 e. The fourth-order valence-corrected chi connectivity index (χ4v) is 3.48. The molecule has 3 heteroatoms. The van der Waals surface area contributed by atoms with Crippen LogP contribution in [0.1, 0.15) is 30.9 Å². The summed E-state index contributed by atoms with van der Waals surface area (Å²) in [5.41, 5.74) is 4.29. The van der Waals surface area contributed by atoms with Crippen LogP contribution in [0.5, 0.6) is 0 Å². The van der Waals surface area contributed by atoms with E-state index in [1.807, 2.05) is 0 Å². The number of rotatable bonds is 6. The van der Waals surface area contributed by atoms with Crippen molar-refractivity contribution in [2.24, 2.45) is 5.92 Å². The highest BCUT2D eigenvalue weighted by Gasteiger charge is 2.15. The average molecular weight is 273 g/mol. The number of nitrogens with one attached hydrogen (secondary N) is 2. The van der Waals surface area contributed by atoms with E-state index in [0.717, 1.165) is 25.6 Å². The number of anilines is 1. The molecule has 0 aromatic heterocycles. The minimum atomic E-state index is 0.734. The predicted molar refractivity (Wildman–Crippen MR) is 85.2 cm³/mol. The lowest BCUT2D eigenvalue weighted by Crippen LogP contribution is -2.31. The third-order valence-electron chi connectivity index (χ3n) is 4.51. The first-order valence-corrected chi connectivity index (χ1v) is 8.10. The first-order chi connectivity index (χ1) is 9.83. The number of hydrogen-bond acceptors (Lipinski definition) is 3. The van der Waals surface area contributed by atoms with Crippen molar-refractivity contribution in [3.05, 3.63) is 29.3 Å². The van der Waals surface area contributed by atoms with Crippen molar-refractivity contribution in [1.82, 2.24) is 10.2 Å². The molecule has 110 valence electrons. The Kier molecular flexibility index (Phi) is 4.58. The number of nitrogens with zero attached hydrogens (tertiary/aromatic N) is 1. The monoisotopic (exact) mass is 273 g/mol. The second-order valence-corrected chi connectivity index (χ2v) is 6.37. The van der Waals surface area contributed by atoms with Crippen molar-refractivity contribution in [3.8, 4) is 0 Å². The fraction of sp³-hybridized carbons (Fsp3) is 0.647.